The quantitative estimate of drug-likeness (QED) is 0.505. The molecule has 33 heavy (non-hydrogen) atoms. The monoisotopic (exact) mass is 484 g/mol. The molecule has 8 heteroatoms. The number of nitrogens with one attached hydrogen (secondary N) is 1. The van der Waals surface area contributed by atoms with Gasteiger partial charge in [0.25, 0.3) is 0 Å². The van der Waals surface area contributed by atoms with Crippen LogP contribution in [0.2, 0.25) is 0 Å². The van der Waals surface area contributed by atoms with Gasteiger partial charge < -0.3 is 10.4 Å². The Morgan fingerprint density at radius 1 is 1.06 bits per heavy atom. The van der Waals surface area contributed by atoms with Crippen molar-refractivity contribution in [2.75, 3.05) is 18.9 Å². The highest BCUT2D eigenvalue weighted by atomic mass is 32.2. The van der Waals surface area contributed by atoms with Gasteiger partial charge in [-0.25, -0.2) is 8.60 Å². The molecule has 0 spiro atoms. The number of rotatable bonds is 8. The molecule has 0 radical (unpaired) electrons. The van der Waals surface area contributed by atoms with Gasteiger partial charge in [0.2, 0.25) is 5.91 Å². The lowest BCUT2D eigenvalue weighted by Crippen LogP contribution is -2.44. The summed E-state index contributed by atoms with van der Waals surface area (Å²) in [4.78, 5) is 13.7. The van der Waals surface area contributed by atoms with Gasteiger partial charge >= 0.3 is 0 Å². The first-order valence-electron chi connectivity index (χ1n) is 10.7. The van der Waals surface area contributed by atoms with Gasteiger partial charge in [-0.05, 0) is 47.4 Å². The summed E-state index contributed by atoms with van der Waals surface area (Å²) in [5.41, 5.74) is 2.83. The summed E-state index contributed by atoms with van der Waals surface area (Å²) in [6.45, 7) is 0.403. The third kappa shape index (κ3) is 5.70. The van der Waals surface area contributed by atoms with Crippen molar-refractivity contribution < 1.29 is 18.5 Å². The number of aliphatic hydroxyl groups is 1. The highest BCUT2D eigenvalue weighted by molar-refractivity contribution is 8.01. The van der Waals surface area contributed by atoms with Crippen molar-refractivity contribution in [2.24, 2.45) is 0 Å². The first-order valence-corrected chi connectivity index (χ1v) is 12.8. The predicted molar refractivity (Wildman–Crippen MR) is 130 cm³/mol. The van der Waals surface area contributed by atoms with Gasteiger partial charge in [0, 0.05) is 18.9 Å². The molecule has 1 fully saturated rings. The lowest BCUT2D eigenvalue weighted by atomic mass is 10.0. The highest BCUT2D eigenvalue weighted by Crippen LogP contribution is 2.30. The van der Waals surface area contributed by atoms with Crippen LogP contribution in [0.4, 0.5) is 4.39 Å². The fourth-order valence-electron chi connectivity index (χ4n) is 3.75. The van der Waals surface area contributed by atoms with E-state index in [9.17, 15) is 18.5 Å². The number of carbonyl (C=O) groups excluding carboxylic acids is 1. The van der Waals surface area contributed by atoms with Crippen LogP contribution in [0.25, 0.3) is 11.1 Å². The maximum atomic E-state index is 13.3. The van der Waals surface area contributed by atoms with Crippen molar-refractivity contribution >= 4 is 28.7 Å². The van der Waals surface area contributed by atoms with Crippen molar-refractivity contribution in [3.8, 4) is 11.1 Å². The molecule has 1 amide bonds. The molecule has 1 aliphatic heterocycles. The summed E-state index contributed by atoms with van der Waals surface area (Å²) >= 11 is 1.44. The summed E-state index contributed by atoms with van der Waals surface area (Å²) in [6, 6.07) is 22.9. The van der Waals surface area contributed by atoms with E-state index in [-0.39, 0.29) is 18.3 Å². The molecule has 3 atom stereocenters. The Bertz CT molecular complexity index is 1090. The molecule has 2 N–H and O–H groups in total. The molecular formula is C25H25FN2O3S2. The van der Waals surface area contributed by atoms with Crippen LogP contribution in [-0.4, -0.2) is 43.8 Å². The Kier molecular flexibility index (Phi) is 7.93. The Balaban J connectivity index is 1.46. The maximum absolute atomic E-state index is 13.3. The molecule has 3 aromatic rings. The molecule has 5 nitrogen and oxygen atoms in total. The van der Waals surface area contributed by atoms with Crippen molar-refractivity contribution in [3.63, 3.8) is 0 Å². The minimum absolute atomic E-state index is 0.121. The molecular weight excluding hydrogens is 459 g/mol. The van der Waals surface area contributed by atoms with E-state index >= 15 is 0 Å². The number of amides is 1. The lowest BCUT2D eigenvalue weighted by Gasteiger charge is -2.25. The number of nitrogens with zero attached hydrogens (tertiary/aromatic N) is 1. The van der Waals surface area contributed by atoms with E-state index in [4.69, 9.17) is 0 Å². The van der Waals surface area contributed by atoms with Crippen LogP contribution in [0, 0.1) is 5.82 Å². The first-order chi connectivity index (χ1) is 16.1. The van der Waals surface area contributed by atoms with E-state index in [0.29, 0.717) is 29.2 Å². The summed E-state index contributed by atoms with van der Waals surface area (Å²) in [7, 11) is -1.49. The normalized spacial score (nSPS) is 18.1. The van der Waals surface area contributed by atoms with Crippen LogP contribution >= 0.6 is 11.8 Å². The third-order valence-electron chi connectivity index (χ3n) is 5.46. The van der Waals surface area contributed by atoms with Crippen molar-refractivity contribution in [2.45, 2.75) is 22.7 Å². The minimum atomic E-state index is -1.49. The second kappa shape index (κ2) is 11.1. The zero-order valence-electron chi connectivity index (χ0n) is 17.9. The number of carbonyl (C=O) groups is 1. The van der Waals surface area contributed by atoms with Gasteiger partial charge in [0.1, 0.15) is 22.2 Å². The van der Waals surface area contributed by atoms with E-state index in [1.807, 2.05) is 54.6 Å². The van der Waals surface area contributed by atoms with E-state index in [0.717, 1.165) is 11.1 Å². The minimum Gasteiger partial charge on any atom is -0.396 e. The smallest absolute Gasteiger partial charge is 0.249 e. The molecule has 1 saturated heterocycles. The van der Waals surface area contributed by atoms with E-state index in [2.05, 4.69) is 5.32 Å². The predicted octanol–water partition coefficient (Wildman–Crippen LogP) is 4.13. The fourth-order valence-corrected chi connectivity index (χ4v) is 6.47. The molecule has 172 valence electrons. The average molecular weight is 485 g/mol. The zero-order chi connectivity index (χ0) is 23.2. The summed E-state index contributed by atoms with van der Waals surface area (Å²) in [5.74, 6) is 0.0567. The van der Waals surface area contributed by atoms with Crippen LogP contribution in [0.5, 0.6) is 0 Å². The molecule has 0 aliphatic carbocycles. The molecule has 3 unspecified atom stereocenters. The van der Waals surface area contributed by atoms with Gasteiger partial charge in [0.05, 0.1) is 10.9 Å². The van der Waals surface area contributed by atoms with Crippen LogP contribution in [0.1, 0.15) is 18.0 Å². The molecule has 0 bridgehead atoms. The van der Waals surface area contributed by atoms with Crippen molar-refractivity contribution in [1.29, 1.82) is 0 Å². The first kappa shape index (κ1) is 23.6. The van der Waals surface area contributed by atoms with Gasteiger partial charge in [-0.3, -0.25) is 4.79 Å². The molecule has 4 rings (SSSR count). The fraction of sp³-hybridized carbons (Fsp3) is 0.240. The lowest BCUT2D eigenvalue weighted by molar-refractivity contribution is -0.122. The van der Waals surface area contributed by atoms with Gasteiger partial charge in [0.15, 0.2) is 0 Å². The van der Waals surface area contributed by atoms with Gasteiger partial charge in [-0.1, -0.05) is 54.6 Å². The third-order valence-corrected chi connectivity index (χ3v) is 8.29. The Hall–Kier alpha value is -2.52. The zero-order valence-corrected chi connectivity index (χ0v) is 19.5. The number of hydrogen-bond donors (Lipinski definition) is 2. The van der Waals surface area contributed by atoms with Crippen molar-refractivity contribution in [1.82, 2.24) is 9.62 Å². The van der Waals surface area contributed by atoms with Crippen LogP contribution < -0.4 is 5.32 Å². The Morgan fingerprint density at radius 2 is 1.73 bits per heavy atom. The number of hydrogen-bond acceptors (Lipinski definition) is 4. The number of thioether (sulfide) groups is 1. The Morgan fingerprint density at radius 3 is 2.39 bits per heavy atom. The van der Waals surface area contributed by atoms with E-state index in [1.54, 1.807) is 16.4 Å². The number of benzene rings is 3. The summed E-state index contributed by atoms with van der Waals surface area (Å²) in [5, 5.41) is 11.8. The van der Waals surface area contributed by atoms with E-state index in [1.165, 1.54) is 23.9 Å². The summed E-state index contributed by atoms with van der Waals surface area (Å²) in [6.07, 6.45) is 0.304. The molecule has 1 heterocycles. The van der Waals surface area contributed by atoms with Crippen LogP contribution in [0.15, 0.2) is 83.8 Å². The average Bonchev–Trinajstić information content (AvgIpc) is 3.35. The molecule has 0 aromatic heterocycles. The number of aliphatic hydroxyl groups excluding tert-OH is 1. The van der Waals surface area contributed by atoms with Gasteiger partial charge in [-0.15, -0.1) is 11.8 Å². The maximum Gasteiger partial charge on any atom is 0.249 e. The second-order valence-corrected chi connectivity index (χ2v) is 10.3. The Labute approximate surface area is 199 Å². The van der Waals surface area contributed by atoms with Crippen LogP contribution in [0.3, 0.4) is 0 Å². The SMILES string of the molecule is O=C(NC(CCO)c1ccc(F)cc1)C1SCCN1S(=O)c1ccc(-c2ccccc2)cc1. The molecule has 0 saturated carbocycles. The largest absolute Gasteiger partial charge is 0.396 e. The molecule has 1 aliphatic rings. The molecule has 3 aromatic carbocycles. The van der Waals surface area contributed by atoms with Gasteiger partial charge in [-0.2, -0.15) is 4.31 Å². The summed E-state index contributed by atoms with van der Waals surface area (Å²) < 4.78 is 28.3. The van der Waals surface area contributed by atoms with Crippen molar-refractivity contribution in [3.05, 3.63) is 90.2 Å². The van der Waals surface area contributed by atoms with E-state index < -0.39 is 22.4 Å². The standard InChI is InChI=1S/C25H25FN2O3S2/c26-21-10-6-20(7-11-21)23(14-16-29)27-24(30)25-28(15-17-32-25)33(31)22-12-8-19(9-13-22)18-4-2-1-3-5-18/h1-13,23,25,29H,14-17H2,(H,27,30). The second-order valence-electron chi connectivity index (χ2n) is 7.63. The number of halogens is 1. The highest BCUT2D eigenvalue weighted by Gasteiger charge is 2.36. The van der Waals surface area contributed by atoms with Crippen LogP contribution in [-0.2, 0) is 15.8 Å². The topological polar surface area (TPSA) is 69.6 Å².